The summed E-state index contributed by atoms with van der Waals surface area (Å²) in [6.45, 7) is 7.17. The van der Waals surface area contributed by atoms with E-state index >= 15 is 0 Å². The van der Waals surface area contributed by atoms with Gasteiger partial charge in [-0.1, -0.05) is 20.8 Å². The Labute approximate surface area is 121 Å². The van der Waals surface area contributed by atoms with Crippen LogP contribution in [-0.4, -0.2) is 48.1 Å². The lowest BCUT2D eigenvalue weighted by molar-refractivity contribution is -0.143. The van der Waals surface area contributed by atoms with Gasteiger partial charge in [0, 0.05) is 19.5 Å². The molecule has 0 aromatic carbocycles. The van der Waals surface area contributed by atoms with Gasteiger partial charge in [0.2, 0.25) is 0 Å². The van der Waals surface area contributed by atoms with Gasteiger partial charge in [-0.05, 0) is 36.3 Å². The van der Waals surface area contributed by atoms with Crippen molar-refractivity contribution in [2.24, 2.45) is 11.3 Å². The molecule has 0 aliphatic carbocycles. The molecular formula is C15H28O3S. The number of methoxy groups -OCH3 is 1. The smallest absolute Gasteiger partial charge is 0.0880 e. The normalized spacial score (nSPS) is 35.5. The molecule has 0 amide bonds. The molecule has 2 aliphatic heterocycles. The Balaban J connectivity index is 2.04. The quantitative estimate of drug-likeness (QED) is 0.866. The van der Waals surface area contributed by atoms with Crippen molar-refractivity contribution in [3.8, 4) is 0 Å². The molecule has 2 heterocycles. The van der Waals surface area contributed by atoms with Gasteiger partial charge in [0.15, 0.2) is 0 Å². The van der Waals surface area contributed by atoms with E-state index in [1.807, 2.05) is 11.8 Å². The first-order chi connectivity index (χ1) is 8.88. The highest BCUT2D eigenvalue weighted by molar-refractivity contribution is 7.99. The van der Waals surface area contributed by atoms with E-state index in [9.17, 15) is 5.11 Å². The molecule has 1 N–H and O–H groups in total. The van der Waals surface area contributed by atoms with Crippen LogP contribution in [0.25, 0.3) is 0 Å². The van der Waals surface area contributed by atoms with Gasteiger partial charge in [-0.3, -0.25) is 0 Å². The Morgan fingerprint density at radius 1 is 1.42 bits per heavy atom. The second kappa shape index (κ2) is 5.92. The first-order valence-corrected chi connectivity index (χ1v) is 8.46. The Hall–Kier alpha value is 0.230. The monoisotopic (exact) mass is 288 g/mol. The molecule has 3 nitrogen and oxygen atoms in total. The molecule has 0 aromatic heterocycles. The van der Waals surface area contributed by atoms with Gasteiger partial charge in [-0.25, -0.2) is 0 Å². The third-order valence-electron chi connectivity index (χ3n) is 4.50. The maximum Gasteiger partial charge on any atom is 0.0880 e. The van der Waals surface area contributed by atoms with Crippen LogP contribution in [0.2, 0.25) is 0 Å². The summed E-state index contributed by atoms with van der Waals surface area (Å²) in [6, 6.07) is 0. The van der Waals surface area contributed by atoms with Gasteiger partial charge in [0.25, 0.3) is 0 Å². The lowest BCUT2D eigenvalue weighted by Crippen LogP contribution is -2.49. The summed E-state index contributed by atoms with van der Waals surface area (Å²) >= 11 is 1.98. The van der Waals surface area contributed by atoms with Gasteiger partial charge in [-0.15, -0.1) is 0 Å². The first kappa shape index (κ1) is 15.6. The third-order valence-corrected chi connectivity index (χ3v) is 5.72. The van der Waals surface area contributed by atoms with Crippen LogP contribution in [0.4, 0.5) is 0 Å². The van der Waals surface area contributed by atoms with Crippen LogP contribution in [0, 0.1) is 11.3 Å². The maximum atomic E-state index is 10.7. The second-order valence-electron chi connectivity index (χ2n) is 7.10. The molecule has 19 heavy (non-hydrogen) atoms. The van der Waals surface area contributed by atoms with Crippen LogP contribution in [0.3, 0.4) is 0 Å². The van der Waals surface area contributed by atoms with Crippen molar-refractivity contribution in [2.75, 3.05) is 25.2 Å². The summed E-state index contributed by atoms with van der Waals surface area (Å²) in [7, 11) is 1.71. The van der Waals surface area contributed by atoms with Crippen LogP contribution in [0.5, 0.6) is 0 Å². The molecule has 2 aliphatic rings. The molecule has 2 rings (SSSR count). The van der Waals surface area contributed by atoms with E-state index in [-0.39, 0.29) is 17.1 Å². The Kier molecular flexibility index (Phi) is 4.87. The van der Waals surface area contributed by atoms with Crippen LogP contribution in [-0.2, 0) is 9.47 Å². The number of hydrogen-bond acceptors (Lipinski definition) is 4. The zero-order chi connectivity index (χ0) is 14.1. The minimum atomic E-state index is -0.392. The highest BCUT2D eigenvalue weighted by atomic mass is 32.2. The van der Waals surface area contributed by atoms with Gasteiger partial charge in [0.05, 0.1) is 17.8 Å². The van der Waals surface area contributed by atoms with Gasteiger partial charge in [0.1, 0.15) is 0 Å². The van der Waals surface area contributed by atoms with Crippen LogP contribution >= 0.6 is 11.8 Å². The molecule has 2 saturated heterocycles. The van der Waals surface area contributed by atoms with E-state index in [4.69, 9.17) is 9.47 Å². The fraction of sp³-hybridized carbons (Fsp3) is 1.00. The molecule has 4 unspecified atom stereocenters. The summed E-state index contributed by atoms with van der Waals surface area (Å²) in [5, 5.41) is 10.7. The van der Waals surface area contributed by atoms with Crippen molar-refractivity contribution < 1.29 is 14.6 Å². The second-order valence-corrected chi connectivity index (χ2v) is 8.21. The fourth-order valence-electron chi connectivity index (χ4n) is 3.47. The highest BCUT2D eigenvalue weighted by Gasteiger charge is 2.45. The number of aliphatic hydroxyl groups is 1. The SMILES string of the molecule is COC(C(O)C1CCOC2(CCSC2)C1)C(C)(C)C. The topological polar surface area (TPSA) is 38.7 Å². The molecule has 1 spiro atoms. The van der Waals surface area contributed by atoms with Crippen LogP contribution in [0.1, 0.15) is 40.0 Å². The molecule has 4 atom stereocenters. The van der Waals surface area contributed by atoms with Crippen LogP contribution < -0.4 is 0 Å². The number of ether oxygens (including phenoxy) is 2. The summed E-state index contributed by atoms with van der Waals surface area (Å²) in [5.41, 5.74) is -0.00516. The van der Waals surface area contributed by atoms with Crippen molar-refractivity contribution in [3.05, 3.63) is 0 Å². The predicted molar refractivity (Wildman–Crippen MR) is 79.6 cm³/mol. The minimum absolute atomic E-state index is 0.0325. The lowest BCUT2D eigenvalue weighted by Gasteiger charge is -2.43. The van der Waals surface area contributed by atoms with Crippen molar-refractivity contribution in [3.63, 3.8) is 0 Å². The third kappa shape index (κ3) is 3.46. The molecule has 112 valence electrons. The molecule has 0 saturated carbocycles. The minimum Gasteiger partial charge on any atom is -0.390 e. The average Bonchev–Trinajstić information content (AvgIpc) is 2.76. The standard InChI is InChI=1S/C15H28O3S/c1-14(2,3)13(17-4)12(16)11-5-7-18-15(9-11)6-8-19-10-15/h11-13,16H,5-10H2,1-4H3. The van der Waals surface area contributed by atoms with Crippen molar-refractivity contribution in [2.45, 2.75) is 57.8 Å². The Morgan fingerprint density at radius 2 is 2.16 bits per heavy atom. The molecule has 4 heteroatoms. The van der Waals surface area contributed by atoms with Crippen LogP contribution in [0.15, 0.2) is 0 Å². The molecule has 0 radical (unpaired) electrons. The number of aliphatic hydroxyl groups excluding tert-OH is 1. The highest BCUT2D eigenvalue weighted by Crippen LogP contribution is 2.43. The van der Waals surface area contributed by atoms with Crippen molar-refractivity contribution in [1.82, 2.24) is 0 Å². The van der Waals surface area contributed by atoms with E-state index in [2.05, 4.69) is 20.8 Å². The van der Waals surface area contributed by atoms with E-state index in [0.717, 1.165) is 31.6 Å². The van der Waals surface area contributed by atoms with E-state index in [1.165, 1.54) is 5.75 Å². The zero-order valence-electron chi connectivity index (χ0n) is 12.6. The van der Waals surface area contributed by atoms with Crippen molar-refractivity contribution in [1.29, 1.82) is 0 Å². The first-order valence-electron chi connectivity index (χ1n) is 7.30. The van der Waals surface area contributed by atoms with E-state index in [0.29, 0.717) is 5.92 Å². The van der Waals surface area contributed by atoms with Gasteiger partial charge < -0.3 is 14.6 Å². The molecular weight excluding hydrogens is 260 g/mol. The number of thioether (sulfide) groups is 1. The fourth-order valence-corrected chi connectivity index (χ4v) is 4.85. The summed E-state index contributed by atoms with van der Waals surface area (Å²) in [4.78, 5) is 0. The van der Waals surface area contributed by atoms with E-state index in [1.54, 1.807) is 7.11 Å². The van der Waals surface area contributed by atoms with Crippen molar-refractivity contribution >= 4 is 11.8 Å². The van der Waals surface area contributed by atoms with E-state index < -0.39 is 6.10 Å². The maximum absolute atomic E-state index is 10.7. The Bertz CT molecular complexity index is 294. The zero-order valence-corrected chi connectivity index (χ0v) is 13.5. The molecule has 0 bridgehead atoms. The molecule has 2 fully saturated rings. The summed E-state index contributed by atoms with van der Waals surface area (Å²) in [6.07, 6.45) is 2.56. The molecule has 0 aromatic rings. The lowest BCUT2D eigenvalue weighted by atomic mass is 9.75. The predicted octanol–water partition coefficient (Wildman–Crippen LogP) is 2.71. The Morgan fingerprint density at radius 3 is 2.68 bits per heavy atom. The average molecular weight is 288 g/mol. The number of rotatable bonds is 3. The summed E-state index contributed by atoms with van der Waals surface area (Å²) < 4.78 is 11.6. The van der Waals surface area contributed by atoms with Gasteiger partial charge in [-0.2, -0.15) is 11.8 Å². The largest absolute Gasteiger partial charge is 0.390 e. The van der Waals surface area contributed by atoms with Gasteiger partial charge >= 0.3 is 0 Å². The number of hydrogen-bond donors (Lipinski definition) is 1. The summed E-state index contributed by atoms with van der Waals surface area (Å²) in [5.74, 6) is 2.58.